The van der Waals surface area contributed by atoms with Gasteiger partial charge in [0.2, 0.25) is 0 Å². The molecule has 0 atom stereocenters. The monoisotopic (exact) mass is 556 g/mol. The van der Waals surface area contributed by atoms with Crippen molar-refractivity contribution in [3.05, 3.63) is 62.6 Å². The number of rotatable bonds is 0. The Morgan fingerprint density at radius 2 is 0.625 bits per heavy atom. The van der Waals surface area contributed by atoms with Crippen LogP contribution in [-0.2, 0) is 0 Å². The summed E-state index contributed by atoms with van der Waals surface area (Å²) in [7, 11) is 0. The van der Waals surface area contributed by atoms with Crippen molar-refractivity contribution < 1.29 is 26.5 Å². The van der Waals surface area contributed by atoms with Gasteiger partial charge in [-0.3, -0.25) is 0 Å². The van der Waals surface area contributed by atoms with Crippen LogP contribution in [-0.4, -0.2) is 0 Å². The Morgan fingerprint density at radius 1 is 0.406 bits per heavy atom. The fourth-order valence-electron chi connectivity index (χ4n) is 2.70. The summed E-state index contributed by atoms with van der Waals surface area (Å²) in [5.74, 6) is -5.50. The number of halogens is 4. The minimum Gasteiger partial charge on any atom is -0.389 e. The summed E-state index contributed by atoms with van der Waals surface area (Å²) in [6.45, 7) is 0. The molecule has 5 aromatic rings. The lowest BCUT2D eigenvalue weighted by atomic mass is 10.3. The standard InChI is InChI=1S/C16Cl4O10S2/c17-1-5-6(26-14(22)29-13(21)25-5)2(18)10-9(1)31-11-3(19)7-8(4(20)12(11)32-10)28-16(24)30-15(23)27-7. The van der Waals surface area contributed by atoms with E-state index in [0.717, 1.165) is 22.7 Å². The Kier molecular flexibility index (Phi) is 5.04. The van der Waals surface area contributed by atoms with Crippen molar-refractivity contribution in [1.29, 1.82) is 0 Å². The molecule has 0 fully saturated rings. The zero-order valence-electron chi connectivity index (χ0n) is 14.4. The third-order valence-electron chi connectivity index (χ3n) is 3.90. The van der Waals surface area contributed by atoms with Crippen molar-refractivity contribution in [2.45, 2.75) is 0 Å². The highest BCUT2D eigenvalue weighted by Crippen LogP contribution is 2.49. The molecule has 0 radical (unpaired) electrons. The maximum Gasteiger partial charge on any atom is 0.524 e. The number of benzene rings is 2. The summed E-state index contributed by atoms with van der Waals surface area (Å²) in [6.07, 6.45) is 0. The normalized spacial score (nSPS) is 11.6. The van der Waals surface area contributed by atoms with Crippen molar-refractivity contribution in [2.24, 2.45) is 0 Å². The first kappa shape index (κ1) is 21.4. The van der Waals surface area contributed by atoms with Crippen LogP contribution in [0.1, 0.15) is 0 Å². The third-order valence-corrected chi connectivity index (χ3v) is 8.50. The lowest BCUT2D eigenvalue weighted by molar-refractivity contribution is 0.280. The highest BCUT2D eigenvalue weighted by molar-refractivity contribution is 7.37. The third kappa shape index (κ3) is 3.22. The fraction of sp³-hybridized carbons (Fsp3) is 0. The summed E-state index contributed by atoms with van der Waals surface area (Å²) in [6, 6.07) is 0. The van der Waals surface area contributed by atoms with Gasteiger partial charge >= 0.3 is 23.3 Å². The smallest absolute Gasteiger partial charge is 0.389 e. The topological polar surface area (TPSA) is 147 Å². The molecule has 0 saturated carbocycles. The van der Waals surface area contributed by atoms with Crippen LogP contribution in [0.5, 0.6) is 0 Å². The van der Waals surface area contributed by atoms with E-state index >= 15 is 0 Å². The molecule has 0 unspecified atom stereocenters. The highest BCUT2D eigenvalue weighted by atomic mass is 35.5. The fourth-order valence-corrected chi connectivity index (χ4v) is 6.68. The molecular weight excluding hydrogens is 558 g/mol. The Labute approximate surface area is 198 Å². The number of fused-ring (bicyclic) bond motifs is 4. The van der Waals surface area contributed by atoms with E-state index in [-0.39, 0.29) is 61.2 Å². The molecule has 0 N–H and O–H groups in total. The maximum atomic E-state index is 11.6. The molecule has 0 spiro atoms. The molecule has 0 saturated heterocycles. The summed E-state index contributed by atoms with van der Waals surface area (Å²) in [5, 5.41) is -0.600. The molecule has 0 aliphatic rings. The zero-order valence-corrected chi connectivity index (χ0v) is 19.1. The van der Waals surface area contributed by atoms with Gasteiger partial charge in [-0.15, -0.1) is 22.7 Å². The highest BCUT2D eigenvalue weighted by Gasteiger charge is 2.23. The van der Waals surface area contributed by atoms with E-state index in [0.29, 0.717) is 0 Å². The van der Waals surface area contributed by atoms with Crippen LogP contribution >= 0.6 is 69.1 Å². The van der Waals surface area contributed by atoms with Gasteiger partial charge in [0.25, 0.3) is 0 Å². The molecule has 0 amide bonds. The number of hydrogen-bond donors (Lipinski definition) is 0. The molecule has 10 nitrogen and oxygen atoms in total. The zero-order chi connectivity index (χ0) is 22.9. The minimum absolute atomic E-state index is 0.150. The molecular formula is C16Cl4O10S2. The lowest BCUT2D eigenvalue weighted by Gasteiger charge is -2.08. The quantitative estimate of drug-likeness (QED) is 0.216. The Morgan fingerprint density at radius 3 is 0.844 bits per heavy atom. The van der Waals surface area contributed by atoms with E-state index in [9.17, 15) is 19.2 Å². The second kappa shape index (κ2) is 7.54. The molecule has 2 aromatic carbocycles. The summed E-state index contributed by atoms with van der Waals surface area (Å²) in [4.78, 5) is 46.5. The van der Waals surface area contributed by atoms with Gasteiger partial charge in [0, 0.05) is 0 Å². The Balaban J connectivity index is 2.11. The summed E-state index contributed by atoms with van der Waals surface area (Å²) >= 11 is 27.5. The van der Waals surface area contributed by atoms with Gasteiger partial charge in [-0.1, -0.05) is 46.4 Å². The first-order valence-corrected chi connectivity index (χ1v) is 11.0. The largest absolute Gasteiger partial charge is 0.524 e. The maximum absolute atomic E-state index is 11.6. The predicted octanol–water partition coefficient (Wildman–Crippen LogP) is 5.72. The van der Waals surface area contributed by atoms with E-state index in [2.05, 4.69) is 8.83 Å². The van der Waals surface area contributed by atoms with Gasteiger partial charge in [0.1, 0.15) is 20.1 Å². The van der Waals surface area contributed by atoms with Gasteiger partial charge in [0.15, 0.2) is 22.3 Å². The molecule has 32 heavy (non-hydrogen) atoms. The minimum atomic E-state index is -1.37. The first-order chi connectivity index (χ1) is 15.2. The van der Waals surface area contributed by atoms with Gasteiger partial charge in [-0.05, 0) is 0 Å². The second-order valence-corrected chi connectivity index (χ2v) is 9.26. The Bertz CT molecular complexity index is 1650. The van der Waals surface area contributed by atoms with Crippen LogP contribution in [0.4, 0.5) is 0 Å². The molecule has 164 valence electrons. The van der Waals surface area contributed by atoms with Gasteiger partial charge in [-0.2, -0.15) is 0 Å². The molecule has 0 aliphatic carbocycles. The van der Waals surface area contributed by atoms with E-state index < -0.39 is 23.3 Å². The summed E-state index contributed by atoms with van der Waals surface area (Å²) < 4.78 is 29.3. The lowest BCUT2D eigenvalue weighted by Crippen LogP contribution is -2.01. The van der Waals surface area contributed by atoms with Crippen molar-refractivity contribution in [3.63, 3.8) is 0 Å². The van der Waals surface area contributed by atoms with E-state index in [1.807, 2.05) is 0 Å². The number of hydrogen-bond acceptors (Lipinski definition) is 12. The first-order valence-electron chi connectivity index (χ1n) is 7.84. The van der Waals surface area contributed by atoms with Gasteiger partial charge in [0.05, 0.1) is 18.8 Å². The van der Waals surface area contributed by atoms with Gasteiger partial charge in [-0.25, -0.2) is 19.2 Å². The van der Waals surface area contributed by atoms with Crippen molar-refractivity contribution in [3.8, 4) is 0 Å². The van der Waals surface area contributed by atoms with Crippen LogP contribution < -0.4 is 23.3 Å². The average Bonchev–Trinajstić information content (AvgIpc) is 2.99. The van der Waals surface area contributed by atoms with Crippen LogP contribution in [0.25, 0.3) is 41.1 Å². The second-order valence-electron chi connectivity index (χ2n) is 5.71. The van der Waals surface area contributed by atoms with Crippen LogP contribution in [0.2, 0.25) is 20.1 Å². The average molecular weight is 558 g/mol. The van der Waals surface area contributed by atoms with Crippen LogP contribution in [0.15, 0.2) is 45.7 Å². The molecule has 0 aliphatic heterocycles. The Hall–Kier alpha value is -2.48. The molecule has 5 rings (SSSR count). The summed E-state index contributed by atoms with van der Waals surface area (Å²) in [5.41, 5.74) is -1.41. The van der Waals surface area contributed by atoms with Crippen LogP contribution in [0.3, 0.4) is 0 Å². The molecule has 0 bridgehead atoms. The van der Waals surface area contributed by atoms with E-state index in [4.69, 9.17) is 64.1 Å². The van der Waals surface area contributed by atoms with E-state index in [1.165, 1.54) is 0 Å². The molecule has 16 heteroatoms. The van der Waals surface area contributed by atoms with Crippen molar-refractivity contribution in [1.82, 2.24) is 0 Å². The van der Waals surface area contributed by atoms with E-state index in [1.54, 1.807) is 0 Å². The van der Waals surface area contributed by atoms with Crippen molar-refractivity contribution >= 4 is 110 Å². The SMILES string of the molecule is O=c1oc(=O)oc2c(Cl)c3sc4c(Cl)c5oc(=O)oc(=O)oc5c(Cl)c4sc3c(Cl)c2o1. The molecule has 3 heterocycles. The predicted molar refractivity (Wildman–Crippen MR) is 117 cm³/mol. The molecule has 3 aromatic heterocycles. The van der Waals surface area contributed by atoms with Crippen LogP contribution in [0, 0.1) is 0 Å². The van der Waals surface area contributed by atoms with Crippen molar-refractivity contribution in [2.75, 3.05) is 0 Å². The van der Waals surface area contributed by atoms with Gasteiger partial charge < -0.3 is 26.5 Å².